The highest BCUT2D eigenvalue weighted by molar-refractivity contribution is 6.30. The Morgan fingerprint density at radius 1 is 1.21 bits per heavy atom. The van der Waals surface area contributed by atoms with E-state index in [1.54, 1.807) is 19.1 Å². The molecule has 0 spiro atoms. The Labute approximate surface area is 116 Å². The zero-order valence-electron chi connectivity index (χ0n) is 10.8. The van der Waals surface area contributed by atoms with Gasteiger partial charge in [0.1, 0.15) is 5.78 Å². The number of carbonyl (C=O) groups excluding carboxylic acids is 3. The van der Waals surface area contributed by atoms with E-state index in [2.05, 4.69) is 0 Å². The molecule has 0 fully saturated rings. The molecule has 1 aromatic carbocycles. The van der Waals surface area contributed by atoms with Gasteiger partial charge in [-0.3, -0.25) is 14.4 Å². The van der Waals surface area contributed by atoms with Gasteiger partial charge in [0.25, 0.3) is 0 Å². The molecule has 0 heterocycles. The van der Waals surface area contributed by atoms with E-state index in [9.17, 15) is 14.4 Å². The zero-order chi connectivity index (χ0) is 14.4. The Balaban J connectivity index is 2.87. The SMILES string of the molecule is CCOC(=O)C[C@@H](C(C)=O)C(=O)c1ccc(Cl)cc1. The molecule has 0 saturated heterocycles. The molecule has 1 atom stereocenters. The maximum atomic E-state index is 12.2. The Morgan fingerprint density at radius 3 is 2.26 bits per heavy atom. The van der Waals surface area contributed by atoms with Gasteiger partial charge < -0.3 is 4.74 Å². The Morgan fingerprint density at radius 2 is 1.79 bits per heavy atom. The molecule has 0 aliphatic carbocycles. The Bertz CT molecular complexity index is 479. The van der Waals surface area contributed by atoms with E-state index < -0.39 is 17.7 Å². The summed E-state index contributed by atoms with van der Waals surface area (Å²) in [5.41, 5.74) is 0.355. The van der Waals surface area contributed by atoms with Gasteiger partial charge >= 0.3 is 5.97 Å². The summed E-state index contributed by atoms with van der Waals surface area (Å²) in [4.78, 5) is 35.1. The molecular formula is C14H15ClO4. The fraction of sp³-hybridized carbons (Fsp3) is 0.357. The molecule has 0 N–H and O–H groups in total. The van der Waals surface area contributed by atoms with Crippen LogP contribution in [0.15, 0.2) is 24.3 Å². The van der Waals surface area contributed by atoms with Gasteiger partial charge in [0.05, 0.1) is 18.9 Å². The fourth-order valence-electron chi connectivity index (χ4n) is 1.62. The molecule has 19 heavy (non-hydrogen) atoms. The van der Waals surface area contributed by atoms with Gasteiger partial charge in [-0.25, -0.2) is 0 Å². The number of rotatable bonds is 6. The van der Waals surface area contributed by atoms with Crippen molar-refractivity contribution >= 4 is 29.1 Å². The molecular weight excluding hydrogens is 268 g/mol. The van der Waals surface area contributed by atoms with Gasteiger partial charge in [0.2, 0.25) is 0 Å². The van der Waals surface area contributed by atoms with Gasteiger partial charge in [-0.15, -0.1) is 0 Å². The van der Waals surface area contributed by atoms with Crippen molar-refractivity contribution in [3.63, 3.8) is 0 Å². The Kier molecular flexibility index (Phi) is 5.70. The summed E-state index contributed by atoms with van der Waals surface area (Å²) in [6.45, 7) is 3.18. The number of hydrogen-bond acceptors (Lipinski definition) is 4. The van der Waals surface area contributed by atoms with E-state index in [-0.39, 0.29) is 18.8 Å². The van der Waals surface area contributed by atoms with E-state index in [1.807, 2.05) is 0 Å². The third-order valence-electron chi connectivity index (χ3n) is 2.61. The summed E-state index contributed by atoms with van der Waals surface area (Å²) >= 11 is 5.73. The van der Waals surface area contributed by atoms with E-state index >= 15 is 0 Å². The summed E-state index contributed by atoms with van der Waals surface area (Å²) in [6, 6.07) is 6.20. The molecule has 4 nitrogen and oxygen atoms in total. The molecule has 0 bridgehead atoms. The number of Topliss-reactive ketones (excluding diaryl/α,β-unsaturated/α-hetero) is 2. The van der Waals surface area contributed by atoms with Crippen LogP contribution >= 0.6 is 11.6 Å². The lowest BCUT2D eigenvalue weighted by Gasteiger charge is -2.12. The smallest absolute Gasteiger partial charge is 0.306 e. The van der Waals surface area contributed by atoms with Gasteiger partial charge in [-0.1, -0.05) is 11.6 Å². The number of ether oxygens (including phenoxy) is 1. The third-order valence-corrected chi connectivity index (χ3v) is 2.86. The van der Waals surface area contributed by atoms with E-state index in [4.69, 9.17) is 16.3 Å². The number of halogens is 1. The van der Waals surface area contributed by atoms with Crippen molar-refractivity contribution in [2.24, 2.45) is 5.92 Å². The highest BCUT2D eigenvalue weighted by Gasteiger charge is 2.27. The van der Waals surface area contributed by atoms with E-state index in [0.717, 1.165) is 0 Å². The Hall–Kier alpha value is -1.68. The summed E-state index contributed by atoms with van der Waals surface area (Å²) in [7, 11) is 0. The normalized spacial score (nSPS) is 11.7. The van der Waals surface area contributed by atoms with Crippen LogP contribution in [0.4, 0.5) is 0 Å². The van der Waals surface area contributed by atoms with E-state index in [0.29, 0.717) is 10.6 Å². The first-order valence-electron chi connectivity index (χ1n) is 5.91. The summed E-state index contributed by atoms with van der Waals surface area (Å²) in [6.07, 6.45) is -0.232. The van der Waals surface area contributed by atoms with Crippen molar-refractivity contribution in [3.05, 3.63) is 34.9 Å². The quantitative estimate of drug-likeness (QED) is 0.457. The minimum Gasteiger partial charge on any atom is -0.466 e. The van der Waals surface area contributed by atoms with Crippen molar-refractivity contribution < 1.29 is 19.1 Å². The van der Waals surface area contributed by atoms with Crippen LogP contribution in [0.5, 0.6) is 0 Å². The fourth-order valence-corrected chi connectivity index (χ4v) is 1.75. The first-order valence-corrected chi connectivity index (χ1v) is 6.29. The monoisotopic (exact) mass is 282 g/mol. The zero-order valence-corrected chi connectivity index (χ0v) is 11.6. The molecule has 0 aliphatic heterocycles. The number of ketones is 2. The predicted octanol–water partition coefficient (Wildman–Crippen LogP) is 2.68. The second kappa shape index (κ2) is 7.04. The second-order valence-electron chi connectivity index (χ2n) is 4.04. The van der Waals surface area contributed by atoms with Crippen molar-refractivity contribution in [2.45, 2.75) is 20.3 Å². The first-order chi connectivity index (χ1) is 8.95. The topological polar surface area (TPSA) is 60.4 Å². The maximum absolute atomic E-state index is 12.2. The number of benzene rings is 1. The van der Waals surface area contributed by atoms with Gasteiger partial charge in [-0.2, -0.15) is 0 Å². The molecule has 1 aromatic rings. The second-order valence-corrected chi connectivity index (χ2v) is 4.48. The number of hydrogen-bond donors (Lipinski definition) is 0. The van der Waals surface area contributed by atoms with Crippen LogP contribution in [0.3, 0.4) is 0 Å². The van der Waals surface area contributed by atoms with Crippen LogP contribution in [-0.4, -0.2) is 24.1 Å². The van der Waals surface area contributed by atoms with Crippen molar-refractivity contribution in [3.8, 4) is 0 Å². The standard InChI is InChI=1S/C14H15ClO4/c1-3-19-13(17)8-12(9(2)16)14(18)10-4-6-11(15)7-5-10/h4-7,12H,3,8H2,1-2H3/t12-/m0/s1. The van der Waals surface area contributed by atoms with Crippen molar-refractivity contribution in [2.75, 3.05) is 6.61 Å². The van der Waals surface area contributed by atoms with Gasteiger partial charge in [0.15, 0.2) is 5.78 Å². The lowest BCUT2D eigenvalue weighted by Crippen LogP contribution is -2.26. The van der Waals surface area contributed by atoms with Crippen molar-refractivity contribution in [1.29, 1.82) is 0 Å². The highest BCUT2D eigenvalue weighted by atomic mass is 35.5. The average Bonchev–Trinajstić information content (AvgIpc) is 2.36. The minimum absolute atomic E-state index is 0.221. The molecule has 102 valence electrons. The van der Waals surface area contributed by atoms with Crippen LogP contribution in [0.2, 0.25) is 5.02 Å². The molecule has 1 rings (SSSR count). The molecule has 0 aromatic heterocycles. The van der Waals surface area contributed by atoms with Crippen LogP contribution in [0, 0.1) is 5.92 Å². The number of esters is 1. The molecule has 0 saturated carbocycles. The van der Waals surface area contributed by atoms with Crippen LogP contribution in [-0.2, 0) is 14.3 Å². The number of carbonyl (C=O) groups is 3. The molecule has 0 aliphatic rings. The molecule has 0 unspecified atom stereocenters. The van der Waals surface area contributed by atoms with Gasteiger partial charge in [-0.05, 0) is 38.1 Å². The van der Waals surface area contributed by atoms with E-state index in [1.165, 1.54) is 19.1 Å². The van der Waals surface area contributed by atoms with Crippen LogP contribution in [0.1, 0.15) is 30.6 Å². The molecule has 5 heteroatoms. The third kappa shape index (κ3) is 4.48. The summed E-state index contributed by atoms with van der Waals surface area (Å²) in [5, 5.41) is 0.501. The van der Waals surface area contributed by atoms with Crippen LogP contribution in [0.25, 0.3) is 0 Å². The predicted molar refractivity (Wildman–Crippen MR) is 71.2 cm³/mol. The maximum Gasteiger partial charge on any atom is 0.306 e. The minimum atomic E-state index is -1.000. The van der Waals surface area contributed by atoms with Gasteiger partial charge in [0, 0.05) is 10.6 Å². The summed E-state index contributed by atoms with van der Waals surface area (Å²) in [5.74, 6) is -2.30. The lowest BCUT2D eigenvalue weighted by atomic mass is 9.91. The van der Waals surface area contributed by atoms with Crippen LogP contribution < -0.4 is 0 Å². The van der Waals surface area contributed by atoms with Crippen molar-refractivity contribution in [1.82, 2.24) is 0 Å². The lowest BCUT2D eigenvalue weighted by molar-refractivity contribution is -0.145. The molecule has 0 amide bonds. The molecule has 0 radical (unpaired) electrons. The summed E-state index contributed by atoms with van der Waals surface area (Å²) < 4.78 is 4.76. The first kappa shape index (κ1) is 15.4. The largest absolute Gasteiger partial charge is 0.466 e. The highest BCUT2D eigenvalue weighted by Crippen LogP contribution is 2.17. The average molecular weight is 283 g/mol.